The van der Waals surface area contributed by atoms with Crippen molar-refractivity contribution in [2.45, 2.75) is 13.5 Å². The molecule has 0 aliphatic rings. The Morgan fingerprint density at radius 3 is 2.58 bits per heavy atom. The minimum Gasteiger partial charge on any atom is -0.496 e. The number of methoxy groups -OCH3 is 1. The van der Waals surface area contributed by atoms with E-state index in [1.54, 1.807) is 14.0 Å². The number of aliphatic imine (C=N–C) groups is 1. The second-order valence-electron chi connectivity index (χ2n) is 5.25. The maximum absolute atomic E-state index is 10.0. The molecular weight excluding hydrogens is 304 g/mol. The molecule has 3 rings (SSSR count). The van der Waals surface area contributed by atoms with Crippen LogP contribution >= 0.6 is 0 Å². The largest absolute Gasteiger partial charge is 0.496 e. The summed E-state index contributed by atoms with van der Waals surface area (Å²) >= 11 is 0. The number of aromatic hydroxyl groups is 1. The van der Waals surface area contributed by atoms with E-state index in [0.29, 0.717) is 23.8 Å². The van der Waals surface area contributed by atoms with Gasteiger partial charge in [0.2, 0.25) is 5.89 Å². The monoisotopic (exact) mass is 322 g/mol. The molecule has 1 aromatic heterocycles. The van der Waals surface area contributed by atoms with Crippen molar-refractivity contribution in [2.24, 2.45) is 4.99 Å². The SMILES string of the molecule is COc1ccccc1CN=C(C)c1nc(-c2ccccc2)oc1O. The number of oxazole rings is 1. The predicted molar refractivity (Wildman–Crippen MR) is 92.5 cm³/mol. The van der Waals surface area contributed by atoms with Crippen LogP contribution in [-0.2, 0) is 6.54 Å². The first-order valence-corrected chi connectivity index (χ1v) is 7.57. The molecular formula is C19H18N2O3. The van der Waals surface area contributed by atoms with Crippen LogP contribution in [0.1, 0.15) is 18.2 Å². The highest BCUT2D eigenvalue weighted by Crippen LogP contribution is 2.27. The third kappa shape index (κ3) is 3.30. The maximum atomic E-state index is 10.0. The lowest BCUT2D eigenvalue weighted by molar-refractivity contribution is 0.336. The summed E-state index contributed by atoms with van der Waals surface area (Å²) in [5.74, 6) is 0.925. The van der Waals surface area contributed by atoms with Crippen LogP contribution in [0.5, 0.6) is 11.7 Å². The number of aromatic nitrogens is 1. The number of nitrogens with zero attached hydrogens (tertiary/aromatic N) is 2. The van der Waals surface area contributed by atoms with Crippen molar-refractivity contribution < 1.29 is 14.3 Å². The highest BCUT2D eigenvalue weighted by atomic mass is 16.5. The Morgan fingerprint density at radius 2 is 1.83 bits per heavy atom. The third-order valence-electron chi connectivity index (χ3n) is 3.65. The molecule has 1 heterocycles. The molecule has 0 spiro atoms. The Balaban J connectivity index is 1.85. The molecule has 3 aromatic rings. The van der Waals surface area contributed by atoms with E-state index in [0.717, 1.165) is 16.9 Å². The van der Waals surface area contributed by atoms with Crippen molar-refractivity contribution >= 4 is 5.71 Å². The second kappa shape index (κ2) is 7.00. The minimum absolute atomic E-state index is 0.227. The fourth-order valence-corrected chi connectivity index (χ4v) is 2.36. The van der Waals surface area contributed by atoms with Crippen molar-refractivity contribution in [3.63, 3.8) is 0 Å². The summed E-state index contributed by atoms with van der Waals surface area (Å²) in [5, 5.41) is 10.0. The standard InChI is InChI=1S/C19H18N2O3/c1-13(20-12-15-10-6-7-11-16(15)23-2)17-19(22)24-18(21-17)14-8-4-3-5-9-14/h3-11,22H,12H2,1-2H3. The lowest BCUT2D eigenvalue weighted by Crippen LogP contribution is -1.98. The smallest absolute Gasteiger partial charge is 0.312 e. The zero-order chi connectivity index (χ0) is 16.9. The lowest BCUT2D eigenvalue weighted by atomic mass is 10.2. The summed E-state index contributed by atoms with van der Waals surface area (Å²) in [4.78, 5) is 8.85. The molecule has 0 atom stereocenters. The fraction of sp³-hybridized carbons (Fsp3) is 0.158. The first-order chi connectivity index (χ1) is 11.7. The van der Waals surface area contributed by atoms with Gasteiger partial charge in [-0.2, -0.15) is 0 Å². The van der Waals surface area contributed by atoms with Crippen LogP contribution in [0.2, 0.25) is 0 Å². The molecule has 122 valence electrons. The van der Waals surface area contributed by atoms with Gasteiger partial charge in [-0.25, -0.2) is 4.98 Å². The number of ether oxygens (including phenoxy) is 1. The van der Waals surface area contributed by atoms with Crippen LogP contribution in [0.4, 0.5) is 0 Å². The average Bonchev–Trinajstić information content (AvgIpc) is 3.02. The van der Waals surface area contributed by atoms with Crippen LogP contribution in [0.15, 0.2) is 64.0 Å². The summed E-state index contributed by atoms with van der Waals surface area (Å²) in [6.07, 6.45) is 0. The number of hydrogen-bond acceptors (Lipinski definition) is 5. The van der Waals surface area contributed by atoms with Crippen molar-refractivity contribution in [1.29, 1.82) is 0 Å². The van der Waals surface area contributed by atoms with Crippen LogP contribution in [0.3, 0.4) is 0 Å². The first kappa shape index (κ1) is 15.8. The van der Waals surface area contributed by atoms with Gasteiger partial charge in [0.15, 0.2) is 5.69 Å². The Hall–Kier alpha value is -3.08. The molecule has 0 saturated heterocycles. The Bertz CT molecular complexity index is 854. The van der Waals surface area contributed by atoms with Gasteiger partial charge >= 0.3 is 5.95 Å². The van der Waals surface area contributed by atoms with E-state index in [2.05, 4.69) is 9.98 Å². The number of rotatable bonds is 5. The summed E-state index contributed by atoms with van der Waals surface area (Å²) in [6.45, 7) is 2.23. The van der Waals surface area contributed by atoms with Crippen LogP contribution < -0.4 is 4.74 Å². The number of para-hydroxylation sites is 1. The zero-order valence-corrected chi connectivity index (χ0v) is 13.6. The van der Waals surface area contributed by atoms with Gasteiger partial charge in [-0.15, -0.1) is 0 Å². The topological polar surface area (TPSA) is 67.9 Å². The molecule has 0 bridgehead atoms. The maximum Gasteiger partial charge on any atom is 0.312 e. The Morgan fingerprint density at radius 1 is 1.12 bits per heavy atom. The number of hydrogen-bond donors (Lipinski definition) is 1. The molecule has 0 radical (unpaired) electrons. The second-order valence-corrected chi connectivity index (χ2v) is 5.25. The molecule has 5 nitrogen and oxygen atoms in total. The predicted octanol–water partition coefficient (Wildman–Crippen LogP) is 4.07. The van der Waals surface area contributed by atoms with Crippen molar-refractivity contribution in [2.75, 3.05) is 7.11 Å². The molecule has 2 aromatic carbocycles. The molecule has 1 N–H and O–H groups in total. The van der Waals surface area contributed by atoms with Gasteiger partial charge in [0.05, 0.1) is 19.4 Å². The molecule has 24 heavy (non-hydrogen) atoms. The van der Waals surface area contributed by atoms with Gasteiger partial charge in [-0.05, 0) is 25.1 Å². The summed E-state index contributed by atoms with van der Waals surface area (Å²) in [7, 11) is 1.63. The van der Waals surface area contributed by atoms with Crippen molar-refractivity contribution in [1.82, 2.24) is 4.98 Å². The zero-order valence-electron chi connectivity index (χ0n) is 13.6. The molecule has 0 amide bonds. The molecule has 0 aliphatic heterocycles. The fourth-order valence-electron chi connectivity index (χ4n) is 2.36. The summed E-state index contributed by atoms with van der Waals surface area (Å²) < 4.78 is 10.7. The van der Waals surface area contributed by atoms with Gasteiger partial charge in [0.25, 0.3) is 0 Å². The lowest BCUT2D eigenvalue weighted by Gasteiger charge is -2.05. The van der Waals surface area contributed by atoms with E-state index in [9.17, 15) is 5.11 Å². The van der Waals surface area contributed by atoms with Crippen LogP contribution in [-0.4, -0.2) is 22.9 Å². The molecule has 0 aliphatic carbocycles. The van der Waals surface area contributed by atoms with E-state index in [1.165, 1.54) is 0 Å². The molecule has 5 heteroatoms. The van der Waals surface area contributed by atoms with Gasteiger partial charge in [0, 0.05) is 11.1 Å². The average molecular weight is 322 g/mol. The van der Waals surface area contributed by atoms with Crippen LogP contribution in [0.25, 0.3) is 11.5 Å². The first-order valence-electron chi connectivity index (χ1n) is 7.57. The Kier molecular flexibility index (Phi) is 4.61. The van der Waals surface area contributed by atoms with Gasteiger partial charge in [-0.1, -0.05) is 36.4 Å². The van der Waals surface area contributed by atoms with E-state index in [1.807, 2.05) is 54.6 Å². The van der Waals surface area contributed by atoms with Gasteiger partial charge in [-0.3, -0.25) is 4.99 Å². The van der Waals surface area contributed by atoms with Gasteiger partial charge in [0.1, 0.15) is 5.75 Å². The van der Waals surface area contributed by atoms with E-state index in [4.69, 9.17) is 9.15 Å². The third-order valence-corrected chi connectivity index (χ3v) is 3.65. The summed E-state index contributed by atoms with van der Waals surface area (Å²) in [5.41, 5.74) is 2.72. The molecule has 0 saturated carbocycles. The highest BCUT2D eigenvalue weighted by molar-refractivity contribution is 5.99. The highest BCUT2D eigenvalue weighted by Gasteiger charge is 2.16. The quantitative estimate of drug-likeness (QED) is 0.719. The van der Waals surface area contributed by atoms with E-state index in [-0.39, 0.29) is 5.95 Å². The normalized spacial score (nSPS) is 11.5. The minimum atomic E-state index is -0.227. The van der Waals surface area contributed by atoms with Crippen molar-refractivity contribution in [3.8, 4) is 23.1 Å². The summed E-state index contributed by atoms with van der Waals surface area (Å²) in [6, 6.07) is 17.1. The van der Waals surface area contributed by atoms with Gasteiger partial charge < -0.3 is 14.3 Å². The molecule has 0 unspecified atom stereocenters. The molecule has 0 fully saturated rings. The van der Waals surface area contributed by atoms with E-state index < -0.39 is 0 Å². The Labute approximate surface area is 140 Å². The van der Waals surface area contributed by atoms with Crippen LogP contribution in [0, 0.1) is 0 Å². The van der Waals surface area contributed by atoms with Crippen molar-refractivity contribution in [3.05, 3.63) is 65.9 Å². The van der Waals surface area contributed by atoms with E-state index >= 15 is 0 Å². The number of benzene rings is 2.